The van der Waals surface area contributed by atoms with Crippen molar-refractivity contribution in [3.63, 3.8) is 0 Å². The third-order valence-electron chi connectivity index (χ3n) is 6.67. The molecule has 1 amide bonds. The summed E-state index contributed by atoms with van der Waals surface area (Å²) >= 11 is 0. The molecule has 1 aliphatic rings. The number of anilines is 2. The molecular weight excluding hydrogens is 512 g/mol. The molecule has 9 heteroatoms. The van der Waals surface area contributed by atoms with Gasteiger partial charge in [0.15, 0.2) is 0 Å². The third kappa shape index (κ3) is 6.10. The Hall–Kier alpha value is -4.21. The van der Waals surface area contributed by atoms with E-state index in [1.807, 2.05) is 49.4 Å². The molecule has 1 unspecified atom stereocenters. The molecule has 0 fully saturated rings. The second-order valence-corrected chi connectivity index (χ2v) is 11.4. The van der Waals surface area contributed by atoms with Crippen LogP contribution in [0.3, 0.4) is 0 Å². The molecule has 39 heavy (non-hydrogen) atoms. The summed E-state index contributed by atoms with van der Waals surface area (Å²) in [5.74, 6) is 0.199. The summed E-state index contributed by atoms with van der Waals surface area (Å²) in [4.78, 5) is 17.9. The van der Waals surface area contributed by atoms with Gasteiger partial charge in [0, 0.05) is 13.1 Å². The van der Waals surface area contributed by atoms with Crippen LogP contribution in [0.15, 0.2) is 102 Å². The number of carbonyl (C=O) groups is 1. The van der Waals surface area contributed by atoms with Gasteiger partial charge in [-0.05, 0) is 41.8 Å². The minimum atomic E-state index is -3.99. The van der Waals surface area contributed by atoms with Gasteiger partial charge in [0.1, 0.15) is 12.3 Å². The van der Waals surface area contributed by atoms with E-state index in [9.17, 15) is 13.2 Å². The quantitative estimate of drug-likeness (QED) is 0.311. The fourth-order valence-electron chi connectivity index (χ4n) is 4.70. The molecule has 5 rings (SSSR count). The van der Waals surface area contributed by atoms with Gasteiger partial charge in [-0.25, -0.2) is 13.4 Å². The number of pyridine rings is 1. The molecule has 2 heterocycles. The largest absolute Gasteiger partial charge is 0.474 e. The zero-order valence-corrected chi connectivity index (χ0v) is 22.4. The van der Waals surface area contributed by atoms with Crippen LogP contribution in [0.25, 0.3) is 0 Å². The van der Waals surface area contributed by atoms with E-state index < -0.39 is 10.0 Å². The second-order valence-electron chi connectivity index (χ2n) is 9.50. The Balaban J connectivity index is 1.57. The highest BCUT2D eigenvalue weighted by Crippen LogP contribution is 2.36. The Bertz CT molecular complexity index is 1490. The number of ether oxygens (including phenoxy) is 1. The SMILES string of the molecule is Cc1cccc(S(=O)(=O)N2CC(N(Cc3ccccc3)Cc3ccccc3)COc3ncc(NC=O)cc32)c1. The molecule has 200 valence electrons. The topological polar surface area (TPSA) is 91.8 Å². The van der Waals surface area contributed by atoms with E-state index in [1.54, 1.807) is 24.3 Å². The molecule has 0 radical (unpaired) electrons. The maximum absolute atomic E-state index is 14.1. The first kappa shape index (κ1) is 26.4. The van der Waals surface area contributed by atoms with Gasteiger partial charge in [0.2, 0.25) is 12.3 Å². The van der Waals surface area contributed by atoms with Gasteiger partial charge in [0.05, 0.1) is 29.4 Å². The second kappa shape index (κ2) is 11.7. The van der Waals surface area contributed by atoms with Crippen molar-refractivity contribution in [3.8, 4) is 5.88 Å². The van der Waals surface area contributed by atoms with Crippen LogP contribution in [-0.2, 0) is 27.9 Å². The monoisotopic (exact) mass is 542 g/mol. The molecule has 1 aromatic heterocycles. The molecule has 0 saturated heterocycles. The summed E-state index contributed by atoms with van der Waals surface area (Å²) < 4.78 is 35.8. The van der Waals surface area contributed by atoms with E-state index in [2.05, 4.69) is 39.5 Å². The fraction of sp³-hybridized carbons (Fsp3) is 0.200. The van der Waals surface area contributed by atoms with E-state index in [4.69, 9.17) is 4.74 Å². The summed E-state index contributed by atoms with van der Waals surface area (Å²) in [6.07, 6.45) is 1.99. The molecule has 0 saturated carbocycles. The van der Waals surface area contributed by atoms with Crippen molar-refractivity contribution < 1.29 is 17.9 Å². The maximum atomic E-state index is 14.1. The van der Waals surface area contributed by atoms with Gasteiger partial charge in [0.25, 0.3) is 10.0 Å². The highest BCUT2D eigenvalue weighted by Gasteiger charge is 2.36. The van der Waals surface area contributed by atoms with Crippen LogP contribution in [0.5, 0.6) is 5.88 Å². The number of hydrogen-bond acceptors (Lipinski definition) is 6. The Morgan fingerprint density at radius 3 is 2.26 bits per heavy atom. The van der Waals surface area contributed by atoms with Crippen molar-refractivity contribution >= 4 is 27.8 Å². The number of aryl methyl sites for hydroxylation is 1. The van der Waals surface area contributed by atoms with Crippen LogP contribution in [0.4, 0.5) is 11.4 Å². The van der Waals surface area contributed by atoms with Crippen molar-refractivity contribution in [2.24, 2.45) is 0 Å². The number of nitrogens with one attached hydrogen (secondary N) is 1. The fourth-order valence-corrected chi connectivity index (χ4v) is 6.29. The van der Waals surface area contributed by atoms with Gasteiger partial charge in [-0.3, -0.25) is 14.0 Å². The first-order valence-corrected chi connectivity index (χ1v) is 14.1. The van der Waals surface area contributed by atoms with Crippen molar-refractivity contribution in [2.75, 3.05) is 22.8 Å². The predicted molar refractivity (Wildman–Crippen MR) is 151 cm³/mol. The van der Waals surface area contributed by atoms with Gasteiger partial charge in [-0.15, -0.1) is 0 Å². The highest BCUT2D eigenvalue weighted by molar-refractivity contribution is 7.92. The standard InChI is InChI=1S/C30H30N4O4S/c1-23-9-8-14-28(15-23)39(36,37)34-20-27(21-38-30-29(34)16-26(17-31-30)32-22-35)33(18-24-10-4-2-5-11-24)19-25-12-6-3-7-13-25/h2-17,22,27H,18-21H2,1H3,(H,32,35). The molecule has 1 aliphatic heterocycles. The number of nitrogens with zero attached hydrogens (tertiary/aromatic N) is 3. The highest BCUT2D eigenvalue weighted by atomic mass is 32.2. The summed E-state index contributed by atoms with van der Waals surface area (Å²) in [5.41, 5.74) is 3.71. The number of fused-ring (bicyclic) bond motifs is 1. The average Bonchev–Trinajstić information content (AvgIpc) is 3.14. The van der Waals surface area contributed by atoms with Gasteiger partial charge in [-0.1, -0.05) is 72.8 Å². The lowest BCUT2D eigenvalue weighted by molar-refractivity contribution is -0.105. The first-order chi connectivity index (χ1) is 18.9. The Labute approximate surface area is 228 Å². The smallest absolute Gasteiger partial charge is 0.264 e. The molecular formula is C30H30N4O4S. The van der Waals surface area contributed by atoms with Crippen molar-refractivity contribution in [1.29, 1.82) is 0 Å². The molecule has 0 aliphatic carbocycles. The lowest BCUT2D eigenvalue weighted by atomic mass is 10.1. The lowest BCUT2D eigenvalue weighted by Gasteiger charge is -2.33. The first-order valence-electron chi connectivity index (χ1n) is 12.7. The Morgan fingerprint density at radius 1 is 0.974 bits per heavy atom. The maximum Gasteiger partial charge on any atom is 0.264 e. The molecule has 0 bridgehead atoms. The molecule has 8 nitrogen and oxygen atoms in total. The normalized spacial score (nSPS) is 15.2. The van der Waals surface area contributed by atoms with Crippen LogP contribution in [0.2, 0.25) is 0 Å². The van der Waals surface area contributed by atoms with Crippen LogP contribution in [0.1, 0.15) is 16.7 Å². The Kier molecular flexibility index (Phi) is 7.90. The Morgan fingerprint density at radius 2 is 1.64 bits per heavy atom. The number of benzene rings is 3. The zero-order chi connectivity index (χ0) is 27.2. The van der Waals surface area contributed by atoms with E-state index in [0.717, 1.165) is 16.7 Å². The number of hydrogen-bond donors (Lipinski definition) is 1. The minimum Gasteiger partial charge on any atom is -0.474 e. The van der Waals surface area contributed by atoms with Crippen LogP contribution in [0, 0.1) is 6.92 Å². The van der Waals surface area contributed by atoms with Crippen molar-refractivity contribution in [2.45, 2.75) is 31.0 Å². The van der Waals surface area contributed by atoms with Gasteiger partial charge in [-0.2, -0.15) is 0 Å². The van der Waals surface area contributed by atoms with Crippen LogP contribution < -0.4 is 14.4 Å². The molecule has 4 aromatic rings. The summed E-state index contributed by atoms with van der Waals surface area (Å²) in [7, 11) is -3.99. The number of sulfonamides is 1. The van der Waals surface area contributed by atoms with E-state index >= 15 is 0 Å². The van der Waals surface area contributed by atoms with Gasteiger partial charge >= 0.3 is 0 Å². The van der Waals surface area contributed by atoms with E-state index in [-0.39, 0.29) is 35.7 Å². The minimum absolute atomic E-state index is 0.134. The summed E-state index contributed by atoms with van der Waals surface area (Å²) in [6.45, 7) is 3.43. The molecule has 0 spiro atoms. The number of carbonyl (C=O) groups excluding carboxylic acids is 1. The van der Waals surface area contributed by atoms with E-state index in [1.165, 1.54) is 10.5 Å². The molecule has 1 atom stereocenters. The summed E-state index contributed by atoms with van der Waals surface area (Å²) in [5, 5.41) is 2.57. The zero-order valence-electron chi connectivity index (χ0n) is 21.6. The summed E-state index contributed by atoms with van der Waals surface area (Å²) in [6, 6.07) is 28.3. The van der Waals surface area contributed by atoms with Crippen molar-refractivity contribution in [1.82, 2.24) is 9.88 Å². The number of aromatic nitrogens is 1. The lowest BCUT2D eigenvalue weighted by Crippen LogP contribution is -2.47. The van der Waals surface area contributed by atoms with Crippen LogP contribution in [-0.4, -0.2) is 43.9 Å². The van der Waals surface area contributed by atoms with Gasteiger partial charge < -0.3 is 10.1 Å². The average molecular weight is 543 g/mol. The number of amides is 1. The van der Waals surface area contributed by atoms with E-state index in [0.29, 0.717) is 25.2 Å². The molecule has 3 aromatic carbocycles. The predicted octanol–water partition coefficient (Wildman–Crippen LogP) is 4.62. The van der Waals surface area contributed by atoms with Crippen molar-refractivity contribution in [3.05, 3.63) is 114 Å². The van der Waals surface area contributed by atoms with Crippen LogP contribution >= 0.6 is 0 Å². The number of rotatable bonds is 9. The third-order valence-corrected chi connectivity index (χ3v) is 8.44. The molecule has 1 N–H and O–H groups in total.